The summed E-state index contributed by atoms with van der Waals surface area (Å²) in [5.74, 6) is 0.0274. The second-order valence-electron chi connectivity index (χ2n) is 4.82. The molecule has 0 heterocycles. The van der Waals surface area contributed by atoms with Crippen molar-refractivity contribution in [1.82, 2.24) is 9.62 Å². The van der Waals surface area contributed by atoms with Gasteiger partial charge in [-0.15, -0.1) is 0 Å². The summed E-state index contributed by atoms with van der Waals surface area (Å²) in [6, 6.07) is 4.24. The van der Waals surface area contributed by atoms with Crippen molar-refractivity contribution < 1.29 is 17.9 Å². The molecule has 0 unspecified atom stereocenters. The van der Waals surface area contributed by atoms with E-state index < -0.39 is 10.0 Å². The maximum atomic E-state index is 12.4. The standard InChI is InChI=1S/C15H23ClN2O4S/c1-4-9-17-15(19)11-22-14-8-7-12(10-13(14)16)23(20,21)18(5-2)6-3/h7-8,10H,4-6,9,11H2,1-3H3,(H,17,19). The Morgan fingerprint density at radius 2 is 1.91 bits per heavy atom. The fraction of sp³-hybridized carbons (Fsp3) is 0.533. The van der Waals surface area contributed by atoms with Gasteiger partial charge in [-0.25, -0.2) is 8.42 Å². The van der Waals surface area contributed by atoms with Gasteiger partial charge in [-0.05, 0) is 24.6 Å². The van der Waals surface area contributed by atoms with E-state index in [4.69, 9.17) is 16.3 Å². The maximum absolute atomic E-state index is 12.4. The van der Waals surface area contributed by atoms with Crippen molar-refractivity contribution in [2.24, 2.45) is 0 Å². The molecule has 1 aromatic carbocycles. The van der Waals surface area contributed by atoms with Crippen molar-refractivity contribution in [3.05, 3.63) is 23.2 Å². The number of carbonyl (C=O) groups is 1. The first kappa shape index (κ1) is 19.7. The van der Waals surface area contributed by atoms with E-state index in [1.807, 2.05) is 6.92 Å². The summed E-state index contributed by atoms with van der Waals surface area (Å²) in [4.78, 5) is 11.6. The molecule has 0 aliphatic carbocycles. The van der Waals surface area contributed by atoms with E-state index >= 15 is 0 Å². The van der Waals surface area contributed by atoms with Crippen LogP contribution in [0.1, 0.15) is 27.2 Å². The zero-order valence-corrected chi connectivity index (χ0v) is 15.2. The quantitative estimate of drug-likeness (QED) is 0.731. The highest BCUT2D eigenvalue weighted by molar-refractivity contribution is 7.89. The number of rotatable bonds is 9. The van der Waals surface area contributed by atoms with E-state index in [1.165, 1.54) is 22.5 Å². The molecule has 0 bridgehead atoms. The predicted octanol–water partition coefficient (Wildman–Crippen LogP) is 2.28. The zero-order chi connectivity index (χ0) is 17.5. The minimum Gasteiger partial charge on any atom is -0.482 e. The molecule has 0 atom stereocenters. The van der Waals surface area contributed by atoms with Gasteiger partial charge in [0.2, 0.25) is 10.0 Å². The first-order valence-corrected chi connectivity index (χ1v) is 9.37. The highest BCUT2D eigenvalue weighted by Crippen LogP contribution is 2.28. The van der Waals surface area contributed by atoms with Gasteiger partial charge in [0.05, 0.1) is 9.92 Å². The Morgan fingerprint density at radius 1 is 1.26 bits per heavy atom. The van der Waals surface area contributed by atoms with Gasteiger partial charge in [-0.3, -0.25) is 4.79 Å². The van der Waals surface area contributed by atoms with Crippen molar-refractivity contribution in [1.29, 1.82) is 0 Å². The van der Waals surface area contributed by atoms with Crippen molar-refractivity contribution in [3.8, 4) is 5.75 Å². The lowest BCUT2D eigenvalue weighted by atomic mass is 10.3. The second-order valence-corrected chi connectivity index (χ2v) is 7.17. The Balaban J connectivity index is 2.84. The summed E-state index contributed by atoms with van der Waals surface area (Å²) >= 11 is 6.07. The van der Waals surface area contributed by atoms with E-state index in [9.17, 15) is 13.2 Å². The van der Waals surface area contributed by atoms with Crippen LogP contribution in [0, 0.1) is 0 Å². The van der Waals surface area contributed by atoms with Gasteiger partial charge in [0, 0.05) is 19.6 Å². The van der Waals surface area contributed by atoms with E-state index in [0.717, 1.165) is 6.42 Å². The Morgan fingerprint density at radius 3 is 2.43 bits per heavy atom. The summed E-state index contributed by atoms with van der Waals surface area (Å²) in [6.07, 6.45) is 0.838. The molecule has 23 heavy (non-hydrogen) atoms. The maximum Gasteiger partial charge on any atom is 0.257 e. The lowest BCUT2D eigenvalue weighted by Crippen LogP contribution is -2.30. The van der Waals surface area contributed by atoms with Crippen LogP contribution in [0.25, 0.3) is 0 Å². The van der Waals surface area contributed by atoms with Crippen LogP contribution in [0.5, 0.6) is 5.75 Å². The molecular weight excluding hydrogens is 340 g/mol. The molecule has 1 N–H and O–H groups in total. The number of sulfonamides is 1. The number of amides is 1. The molecular formula is C15H23ClN2O4S. The molecule has 6 nitrogen and oxygen atoms in total. The first-order valence-electron chi connectivity index (χ1n) is 7.55. The molecule has 0 saturated heterocycles. The van der Waals surface area contributed by atoms with Crippen LogP contribution in [-0.4, -0.2) is 44.9 Å². The normalized spacial score (nSPS) is 11.5. The van der Waals surface area contributed by atoms with Crippen LogP contribution < -0.4 is 10.1 Å². The third-order valence-electron chi connectivity index (χ3n) is 3.18. The van der Waals surface area contributed by atoms with Gasteiger partial charge in [-0.1, -0.05) is 32.4 Å². The second kappa shape index (κ2) is 9.10. The van der Waals surface area contributed by atoms with Crippen molar-refractivity contribution in [2.75, 3.05) is 26.2 Å². The minimum absolute atomic E-state index is 0.106. The summed E-state index contributed by atoms with van der Waals surface area (Å²) < 4.78 is 31.5. The topological polar surface area (TPSA) is 75.7 Å². The smallest absolute Gasteiger partial charge is 0.257 e. The number of benzene rings is 1. The molecule has 130 valence electrons. The Hall–Kier alpha value is -1.31. The molecule has 0 fully saturated rings. The molecule has 0 aliphatic rings. The molecule has 0 aliphatic heterocycles. The van der Waals surface area contributed by atoms with E-state index in [2.05, 4.69) is 5.32 Å². The van der Waals surface area contributed by atoms with Gasteiger partial charge in [0.25, 0.3) is 5.91 Å². The van der Waals surface area contributed by atoms with Crippen LogP contribution in [-0.2, 0) is 14.8 Å². The molecule has 1 rings (SSSR count). The van der Waals surface area contributed by atoms with Crippen molar-refractivity contribution in [3.63, 3.8) is 0 Å². The van der Waals surface area contributed by atoms with Crippen LogP contribution in [0.3, 0.4) is 0 Å². The summed E-state index contributed by atoms with van der Waals surface area (Å²) in [7, 11) is -3.57. The highest BCUT2D eigenvalue weighted by atomic mass is 35.5. The van der Waals surface area contributed by atoms with Crippen LogP contribution in [0.2, 0.25) is 5.02 Å². The van der Waals surface area contributed by atoms with Crippen molar-refractivity contribution >= 4 is 27.5 Å². The lowest BCUT2D eigenvalue weighted by molar-refractivity contribution is -0.123. The minimum atomic E-state index is -3.57. The van der Waals surface area contributed by atoms with Gasteiger partial charge in [-0.2, -0.15) is 4.31 Å². The molecule has 1 aromatic rings. The molecule has 1 amide bonds. The third kappa shape index (κ3) is 5.37. The Kier molecular flexibility index (Phi) is 7.81. The van der Waals surface area contributed by atoms with E-state index in [1.54, 1.807) is 13.8 Å². The number of halogens is 1. The first-order chi connectivity index (χ1) is 10.9. The van der Waals surface area contributed by atoms with Crippen LogP contribution >= 0.6 is 11.6 Å². The fourth-order valence-electron chi connectivity index (χ4n) is 1.93. The van der Waals surface area contributed by atoms with Gasteiger partial charge in [0.15, 0.2) is 6.61 Å². The van der Waals surface area contributed by atoms with Gasteiger partial charge in [0.1, 0.15) is 5.75 Å². The number of nitrogens with zero attached hydrogens (tertiary/aromatic N) is 1. The molecule has 8 heteroatoms. The largest absolute Gasteiger partial charge is 0.482 e. The number of hydrogen-bond donors (Lipinski definition) is 1. The SMILES string of the molecule is CCCNC(=O)COc1ccc(S(=O)(=O)N(CC)CC)cc1Cl. The summed E-state index contributed by atoms with van der Waals surface area (Å²) in [5, 5.41) is 2.83. The zero-order valence-electron chi connectivity index (χ0n) is 13.6. The number of carbonyl (C=O) groups excluding carboxylic acids is 1. The number of ether oxygens (including phenoxy) is 1. The Labute approximate surface area is 142 Å². The summed E-state index contributed by atoms with van der Waals surface area (Å²) in [5.41, 5.74) is 0. The predicted molar refractivity (Wildman–Crippen MR) is 90.4 cm³/mol. The highest BCUT2D eigenvalue weighted by Gasteiger charge is 2.22. The molecule has 0 spiro atoms. The van der Waals surface area contributed by atoms with Crippen LogP contribution in [0.15, 0.2) is 23.1 Å². The van der Waals surface area contributed by atoms with Crippen LogP contribution in [0.4, 0.5) is 0 Å². The lowest BCUT2D eigenvalue weighted by Gasteiger charge is -2.19. The van der Waals surface area contributed by atoms with E-state index in [0.29, 0.717) is 19.6 Å². The fourth-order valence-corrected chi connectivity index (χ4v) is 3.71. The number of nitrogens with one attached hydrogen (secondary N) is 1. The van der Waals surface area contributed by atoms with Gasteiger partial charge >= 0.3 is 0 Å². The number of hydrogen-bond acceptors (Lipinski definition) is 4. The van der Waals surface area contributed by atoms with Crippen molar-refractivity contribution in [2.45, 2.75) is 32.1 Å². The summed E-state index contributed by atoms with van der Waals surface area (Å²) in [6.45, 7) is 6.68. The average Bonchev–Trinajstić information content (AvgIpc) is 2.52. The Bertz CT molecular complexity index is 630. The molecule has 0 radical (unpaired) electrons. The third-order valence-corrected chi connectivity index (χ3v) is 5.52. The van der Waals surface area contributed by atoms with Gasteiger partial charge < -0.3 is 10.1 Å². The molecule has 0 aromatic heterocycles. The van der Waals surface area contributed by atoms with E-state index in [-0.39, 0.29) is 28.2 Å². The average molecular weight is 363 g/mol. The monoisotopic (exact) mass is 362 g/mol. The molecule has 0 saturated carbocycles.